The summed E-state index contributed by atoms with van der Waals surface area (Å²) < 4.78 is 11.2. The van der Waals surface area contributed by atoms with Gasteiger partial charge in [-0.15, -0.1) is 10.2 Å². The van der Waals surface area contributed by atoms with E-state index in [0.717, 1.165) is 11.8 Å². The minimum absolute atomic E-state index is 0.0393. The first kappa shape index (κ1) is 21.3. The van der Waals surface area contributed by atoms with Gasteiger partial charge in [0.2, 0.25) is 5.89 Å². The molecular formula is C21H12ClN3O6S. The monoisotopic (exact) mass is 469 g/mol. The lowest BCUT2D eigenvalue weighted by Crippen LogP contribution is -1.96. The van der Waals surface area contributed by atoms with Crippen LogP contribution >= 0.6 is 23.4 Å². The molecule has 0 spiro atoms. The van der Waals surface area contributed by atoms with E-state index in [0.29, 0.717) is 21.9 Å². The Labute approximate surface area is 189 Å². The van der Waals surface area contributed by atoms with Gasteiger partial charge in [-0.1, -0.05) is 11.6 Å². The van der Waals surface area contributed by atoms with Gasteiger partial charge in [0.05, 0.1) is 4.92 Å². The van der Waals surface area contributed by atoms with Crippen molar-refractivity contribution in [3.05, 3.63) is 86.5 Å². The van der Waals surface area contributed by atoms with Gasteiger partial charge in [0.1, 0.15) is 16.4 Å². The zero-order valence-corrected chi connectivity index (χ0v) is 17.5. The number of non-ortho nitro benzene ring substituents is 1. The SMILES string of the molecule is O=C(O)/C(=C/c1ccc(-c2ccc([N+](=O)[O-])cc2)o1)Sc1nnc(-c2ccc(Cl)cc2)o1. The van der Waals surface area contributed by atoms with Gasteiger partial charge in [0.25, 0.3) is 10.9 Å². The number of nitro benzene ring substituents is 1. The van der Waals surface area contributed by atoms with Crippen molar-refractivity contribution in [2.75, 3.05) is 0 Å². The molecule has 1 N–H and O–H groups in total. The summed E-state index contributed by atoms with van der Waals surface area (Å²) in [4.78, 5) is 21.9. The van der Waals surface area contributed by atoms with Crippen LogP contribution in [0.25, 0.3) is 28.9 Å². The Morgan fingerprint density at radius 2 is 1.69 bits per heavy atom. The quantitative estimate of drug-likeness (QED) is 0.155. The lowest BCUT2D eigenvalue weighted by molar-refractivity contribution is -0.384. The average Bonchev–Trinajstić information content (AvgIpc) is 3.44. The molecule has 0 atom stereocenters. The summed E-state index contributed by atoms with van der Waals surface area (Å²) in [5, 5.41) is 28.7. The number of rotatable bonds is 7. The number of aliphatic carboxylic acids is 1. The normalized spacial score (nSPS) is 11.5. The van der Waals surface area contributed by atoms with Crippen LogP contribution in [0.3, 0.4) is 0 Å². The Hall–Kier alpha value is -3.89. The highest BCUT2D eigenvalue weighted by atomic mass is 35.5. The molecule has 0 saturated carbocycles. The number of halogens is 1. The van der Waals surface area contributed by atoms with E-state index in [4.69, 9.17) is 20.4 Å². The van der Waals surface area contributed by atoms with Gasteiger partial charge < -0.3 is 13.9 Å². The number of benzene rings is 2. The van der Waals surface area contributed by atoms with Crippen molar-refractivity contribution in [1.82, 2.24) is 10.2 Å². The van der Waals surface area contributed by atoms with Crippen LogP contribution < -0.4 is 0 Å². The fraction of sp³-hybridized carbons (Fsp3) is 0. The predicted octanol–water partition coefficient (Wildman–Crippen LogP) is 5.78. The van der Waals surface area contributed by atoms with E-state index in [2.05, 4.69) is 10.2 Å². The maximum atomic E-state index is 11.7. The summed E-state index contributed by atoms with van der Waals surface area (Å²) in [5.74, 6) is -0.258. The molecule has 0 unspecified atom stereocenters. The number of furan rings is 1. The lowest BCUT2D eigenvalue weighted by Gasteiger charge is -1.98. The fourth-order valence-electron chi connectivity index (χ4n) is 2.65. The molecule has 0 aliphatic rings. The van der Waals surface area contributed by atoms with E-state index in [-0.39, 0.29) is 27.5 Å². The molecule has 4 rings (SSSR count). The number of carbonyl (C=O) groups is 1. The second-order valence-corrected chi connectivity index (χ2v) is 7.73. The summed E-state index contributed by atoms with van der Waals surface area (Å²) in [7, 11) is 0. The Morgan fingerprint density at radius 3 is 2.34 bits per heavy atom. The van der Waals surface area contributed by atoms with E-state index in [1.165, 1.54) is 18.2 Å². The molecule has 0 amide bonds. The Bertz CT molecular complexity index is 1310. The van der Waals surface area contributed by atoms with Crippen LogP contribution in [0.5, 0.6) is 0 Å². The smallest absolute Gasteiger partial charge is 0.342 e. The largest absolute Gasteiger partial charge is 0.477 e. The molecule has 160 valence electrons. The summed E-state index contributed by atoms with van der Waals surface area (Å²) in [5.41, 5.74) is 1.22. The van der Waals surface area contributed by atoms with Crippen LogP contribution in [-0.4, -0.2) is 26.2 Å². The van der Waals surface area contributed by atoms with E-state index < -0.39 is 10.9 Å². The molecule has 0 radical (unpaired) electrons. The van der Waals surface area contributed by atoms with Gasteiger partial charge in [-0.3, -0.25) is 10.1 Å². The Kier molecular flexibility index (Phi) is 6.06. The number of hydrogen-bond acceptors (Lipinski definition) is 8. The third-order valence-electron chi connectivity index (χ3n) is 4.17. The van der Waals surface area contributed by atoms with Crippen molar-refractivity contribution in [2.24, 2.45) is 0 Å². The number of carboxylic acid groups (broad SMARTS) is 1. The Morgan fingerprint density at radius 1 is 1.00 bits per heavy atom. The number of nitro groups is 1. The highest BCUT2D eigenvalue weighted by Gasteiger charge is 2.17. The van der Waals surface area contributed by atoms with Crippen molar-refractivity contribution in [1.29, 1.82) is 0 Å². The molecule has 0 fully saturated rings. The maximum absolute atomic E-state index is 11.7. The number of hydrogen-bond donors (Lipinski definition) is 1. The zero-order chi connectivity index (χ0) is 22.7. The van der Waals surface area contributed by atoms with Crippen molar-refractivity contribution in [3.8, 4) is 22.8 Å². The molecule has 9 nitrogen and oxygen atoms in total. The molecule has 32 heavy (non-hydrogen) atoms. The predicted molar refractivity (Wildman–Crippen MR) is 117 cm³/mol. The van der Waals surface area contributed by atoms with Crippen LogP contribution in [0.2, 0.25) is 5.02 Å². The first-order valence-corrected chi connectivity index (χ1v) is 10.2. The number of nitrogens with zero attached hydrogens (tertiary/aromatic N) is 3. The van der Waals surface area contributed by atoms with E-state index in [9.17, 15) is 20.0 Å². The van der Waals surface area contributed by atoms with E-state index in [1.807, 2.05) is 0 Å². The minimum atomic E-state index is -1.20. The molecule has 11 heteroatoms. The highest BCUT2D eigenvalue weighted by Crippen LogP contribution is 2.32. The Balaban J connectivity index is 1.53. The molecule has 0 aliphatic carbocycles. The van der Waals surface area contributed by atoms with Crippen LogP contribution in [0.4, 0.5) is 5.69 Å². The van der Waals surface area contributed by atoms with Crippen molar-refractivity contribution in [2.45, 2.75) is 5.22 Å². The van der Waals surface area contributed by atoms with Crippen molar-refractivity contribution in [3.63, 3.8) is 0 Å². The number of aromatic nitrogens is 2. The second-order valence-electron chi connectivity index (χ2n) is 6.30. The molecule has 0 bridgehead atoms. The van der Waals surface area contributed by atoms with Crippen LogP contribution in [-0.2, 0) is 4.79 Å². The molecule has 2 aromatic carbocycles. The molecular weight excluding hydrogens is 458 g/mol. The summed E-state index contributed by atoms with van der Waals surface area (Å²) in [6.45, 7) is 0. The van der Waals surface area contributed by atoms with Crippen molar-refractivity contribution < 1.29 is 23.7 Å². The summed E-state index contributed by atoms with van der Waals surface area (Å²) in [6.07, 6.45) is 1.33. The first-order chi connectivity index (χ1) is 15.4. The van der Waals surface area contributed by atoms with E-state index >= 15 is 0 Å². The third-order valence-corrected chi connectivity index (χ3v) is 5.27. The van der Waals surface area contributed by atoms with Gasteiger partial charge >= 0.3 is 5.97 Å². The minimum Gasteiger partial charge on any atom is -0.477 e. The molecule has 0 saturated heterocycles. The maximum Gasteiger partial charge on any atom is 0.342 e. The number of carboxylic acids is 1. The lowest BCUT2D eigenvalue weighted by atomic mass is 10.1. The molecule has 2 heterocycles. The van der Waals surface area contributed by atoms with Crippen LogP contribution in [0, 0.1) is 10.1 Å². The zero-order valence-electron chi connectivity index (χ0n) is 16.0. The molecule has 0 aliphatic heterocycles. The fourth-order valence-corrected chi connectivity index (χ4v) is 3.43. The van der Waals surface area contributed by atoms with Gasteiger partial charge in [0, 0.05) is 34.4 Å². The van der Waals surface area contributed by atoms with Crippen LogP contribution in [0.1, 0.15) is 5.76 Å². The van der Waals surface area contributed by atoms with Crippen molar-refractivity contribution >= 4 is 41.1 Å². The van der Waals surface area contributed by atoms with Gasteiger partial charge in [-0.05, 0) is 60.3 Å². The first-order valence-electron chi connectivity index (χ1n) is 8.96. The molecule has 4 aromatic rings. The standard InChI is InChI=1S/C21H12ClN3O6S/c22-14-5-1-13(2-6-14)19-23-24-21(31-19)32-18(20(26)27)11-16-9-10-17(30-16)12-3-7-15(8-4-12)25(28)29/h1-11H,(H,26,27)/b18-11-. The van der Waals surface area contributed by atoms with E-state index in [1.54, 1.807) is 48.5 Å². The second kappa shape index (κ2) is 9.08. The van der Waals surface area contributed by atoms with Crippen LogP contribution in [0.15, 0.2) is 79.6 Å². The summed E-state index contributed by atoms with van der Waals surface area (Å²) >= 11 is 6.65. The van der Waals surface area contributed by atoms with Gasteiger partial charge in [-0.25, -0.2) is 4.79 Å². The van der Waals surface area contributed by atoms with Gasteiger partial charge in [0.15, 0.2) is 0 Å². The van der Waals surface area contributed by atoms with Gasteiger partial charge in [-0.2, -0.15) is 0 Å². The summed E-state index contributed by atoms with van der Waals surface area (Å²) in [6, 6.07) is 15.8. The average molecular weight is 470 g/mol. The highest BCUT2D eigenvalue weighted by molar-refractivity contribution is 8.03. The number of thioether (sulfide) groups is 1. The third kappa shape index (κ3) is 4.88. The molecule has 2 aromatic heterocycles. The topological polar surface area (TPSA) is 132 Å².